The number of nitrogens with zero attached hydrogens (tertiary/aromatic N) is 2. The van der Waals surface area contributed by atoms with Gasteiger partial charge in [-0.1, -0.05) is 24.6 Å². The van der Waals surface area contributed by atoms with E-state index in [4.69, 9.17) is 16.6 Å². The minimum atomic E-state index is -0.857. The van der Waals surface area contributed by atoms with Crippen LogP contribution >= 0.6 is 22.9 Å². The van der Waals surface area contributed by atoms with Gasteiger partial charge in [-0.05, 0) is 38.0 Å². The third-order valence-electron chi connectivity index (χ3n) is 3.95. The first-order valence-electron chi connectivity index (χ1n) is 7.40. The number of benzene rings is 1. The molecule has 0 aliphatic heterocycles. The summed E-state index contributed by atoms with van der Waals surface area (Å²) >= 11 is 7.70. The van der Waals surface area contributed by atoms with Crippen LogP contribution in [0.25, 0.3) is 16.2 Å². The fourth-order valence-electron chi connectivity index (χ4n) is 2.87. The van der Waals surface area contributed by atoms with Gasteiger partial charge in [0.25, 0.3) is 0 Å². The van der Waals surface area contributed by atoms with Crippen LogP contribution < -0.4 is 0 Å². The highest BCUT2D eigenvalue weighted by atomic mass is 35.5. The van der Waals surface area contributed by atoms with E-state index in [1.807, 2.05) is 29.5 Å². The Morgan fingerprint density at radius 1 is 1.35 bits per heavy atom. The standard InChI is InChI=1S/C17H17ClN2O2S/c1-4-13-10(3)23-17-19-16(14(20(13)17)8-15(21)22)11-5-6-12(18)9(2)7-11/h5-7H,4,8H2,1-3H3,(H,21,22). The predicted octanol–water partition coefficient (Wildman–Crippen LogP) is 4.52. The average Bonchev–Trinajstić information content (AvgIpc) is 2.97. The molecule has 0 atom stereocenters. The van der Waals surface area contributed by atoms with E-state index >= 15 is 0 Å². The number of fused-ring (bicyclic) bond motifs is 1. The summed E-state index contributed by atoms with van der Waals surface area (Å²) in [5.41, 5.74) is 4.45. The summed E-state index contributed by atoms with van der Waals surface area (Å²) in [4.78, 5) is 18.1. The highest BCUT2D eigenvalue weighted by molar-refractivity contribution is 7.17. The number of hydrogen-bond acceptors (Lipinski definition) is 3. The van der Waals surface area contributed by atoms with Crippen LogP contribution in [-0.4, -0.2) is 20.5 Å². The first kappa shape index (κ1) is 16.0. The molecule has 2 aromatic heterocycles. The molecule has 0 bridgehead atoms. The van der Waals surface area contributed by atoms with E-state index in [1.165, 1.54) is 4.88 Å². The maximum Gasteiger partial charge on any atom is 0.309 e. The second kappa shape index (κ2) is 5.98. The first-order chi connectivity index (χ1) is 10.9. The van der Waals surface area contributed by atoms with Gasteiger partial charge < -0.3 is 5.11 Å². The molecule has 120 valence electrons. The summed E-state index contributed by atoms with van der Waals surface area (Å²) in [6.45, 7) is 6.06. The highest BCUT2D eigenvalue weighted by Crippen LogP contribution is 2.33. The molecule has 0 amide bonds. The predicted molar refractivity (Wildman–Crippen MR) is 93.7 cm³/mol. The van der Waals surface area contributed by atoms with Crippen molar-refractivity contribution in [1.29, 1.82) is 0 Å². The molecule has 3 rings (SSSR count). The Kier molecular flexibility index (Phi) is 4.17. The number of halogens is 1. The van der Waals surface area contributed by atoms with E-state index in [2.05, 4.69) is 13.8 Å². The summed E-state index contributed by atoms with van der Waals surface area (Å²) in [6, 6.07) is 5.68. The zero-order valence-electron chi connectivity index (χ0n) is 13.2. The monoisotopic (exact) mass is 348 g/mol. The van der Waals surface area contributed by atoms with Gasteiger partial charge in [0.2, 0.25) is 0 Å². The van der Waals surface area contributed by atoms with Crippen molar-refractivity contribution in [3.05, 3.63) is 45.1 Å². The topological polar surface area (TPSA) is 54.6 Å². The van der Waals surface area contributed by atoms with E-state index < -0.39 is 5.97 Å². The number of aryl methyl sites for hydroxylation is 3. The largest absolute Gasteiger partial charge is 0.481 e. The van der Waals surface area contributed by atoms with Crippen molar-refractivity contribution >= 4 is 33.9 Å². The Morgan fingerprint density at radius 3 is 2.70 bits per heavy atom. The van der Waals surface area contributed by atoms with Crippen LogP contribution in [-0.2, 0) is 17.6 Å². The van der Waals surface area contributed by atoms with Crippen LogP contribution in [0.3, 0.4) is 0 Å². The van der Waals surface area contributed by atoms with Crippen LogP contribution in [0.1, 0.15) is 28.8 Å². The fourth-order valence-corrected chi connectivity index (χ4v) is 4.06. The molecule has 0 fully saturated rings. The molecule has 0 saturated carbocycles. The van der Waals surface area contributed by atoms with Crippen molar-refractivity contribution in [2.45, 2.75) is 33.6 Å². The van der Waals surface area contributed by atoms with Crippen LogP contribution in [0.2, 0.25) is 5.02 Å². The van der Waals surface area contributed by atoms with Gasteiger partial charge in [-0.2, -0.15) is 0 Å². The van der Waals surface area contributed by atoms with Gasteiger partial charge in [-0.3, -0.25) is 9.20 Å². The number of imidazole rings is 1. The van der Waals surface area contributed by atoms with Crippen molar-refractivity contribution in [3.8, 4) is 11.3 Å². The van der Waals surface area contributed by atoms with Gasteiger partial charge in [-0.15, -0.1) is 11.3 Å². The van der Waals surface area contributed by atoms with Crippen LogP contribution in [0.4, 0.5) is 0 Å². The van der Waals surface area contributed by atoms with E-state index in [-0.39, 0.29) is 6.42 Å². The molecule has 0 spiro atoms. The third-order valence-corrected chi connectivity index (χ3v) is 5.37. The zero-order valence-corrected chi connectivity index (χ0v) is 14.8. The number of carbonyl (C=O) groups is 1. The molecule has 0 saturated heterocycles. The molecule has 4 nitrogen and oxygen atoms in total. The quantitative estimate of drug-likeness (QED) is 0.754. The molecule has 23 heavy (non-hydrogen) atoms. The molecule has 0 unspecified atom stereocenters. The number of carboxylic acid groups (broad SMARTS) is 1. The highest BCUT2D eigenvalue weighted by Gasteiger charge is 2.21. The number of aromatic nitrogens is 2. The van der Waals surface area contributed by atoms with Crippen LogP contribution in [0.15, 0.2) is 18.2 Å². The summed E-state index contributed by atoms with van der Waals surface area (Å²) < 4.78 is 2.01. The van der Waals surface area contributed by atoms with Crippen LogP contribution in [0, 0.1) is 13.8 Å². The van der Waals surface area contributed by atoms with Gasteiger partial charge in [0.15, 0.2) is 4.96 Å². The SMILES string of the molecule is CCc1c(C)sc2nc(-c3ccc(Cl)c(C)c3)c(CC(=O)O)n12. The van der Waals surface area contributed by atoms with E-state index in [1.54, 1.807) is 11.3 Å². The van der Waals surface area contributed by atoms with Gasteiger partial charge in [-0.25, -0.2) is 4.98 Å². The molecular weight excluding hydrogens is 332 g/mol. The lowest BCUT2D eigenvalue weighted by Gasteiger charge is -2.06. The normalized spacial score (nSPS) is 11.3. The van der Waals surface area contributed by atoms with E-state index in [0.717, 1.165) is 39.6 Å². The Balaban J connectivity index is 2.29. The average molecular weight is 349 g/mol. The zero-order chi connectivity index (χ0) is 16.7. The second-order valence-electron chi connectivity index (χ2n) is 5.52. The molecule has 1 aromatic carbocycles. The summed E-state index contributed by atoms with van der Waals surface area (Å²) in [7, 11) is 0. The molecular formula is C17H17ClN2O2S. The summed E-state index contributed by atoms with van der Waals surface area (Å²) in [5, 5.41) is 10.0. The van der Waals surface area contributed by atoms with E-state index in [9.17, 15) is 9.90 Å². The first-order valence-corrected chi connectivity index (χ1v) is 8.59. The lowest BCUT2D eigenvalue weighted by atomic mass is 10.1. The fraction of sp³-hybridized carbons (Fsp3) is 0.294. The molecule has 6 heteroatoms. The van der Waals surface area contributed by atoms with Gasteiger partial charge in [0, 0.05) is 21.2 Å². The Morgan fingerprint density at radius 2 is 2.09 bits per heavy atom. The lowest BCUT2D eigenvalue weighted by molar-refractivity contribution is -0.136. The lowest BCUT2D eigenvalue weighted by Crippen LogP contribution is -2.06. The third kappa shape index (κ3) is 2.75. The molecule has 0 aliphatic carbocycles. The van der Waals surface area contributed by atoms with Crippen molar-refractivity contribution in [3.63, 3.8) is 0 Å². The number of thiazole rings is 1. The van der Waals surface area contributed by atoms with Gasteiger partial charge >= 0.3 is 5.97 Å². The summed E-state index contributed by atoms with van der Waals surface area (Å²) in [5.74, 6) is -0.857. The summed E-state index contributed by atoms with van der Waals surface area (Å²) in [6.07, 6.45) is 0.787. The van der Waals surface area contributed by atoms with Crippen LogP contribution in [0.5, 0.6) is 0 Å². The Hall–Kier alpha value is -1.85. The minimum Gasteiger partial charge on any atom is -0.481 e. The maximum atomic E-state index is 11.4. The van der Waals surface area contributed by atoms with Crippen molar-refractivity contribution in [2.75, 3.05) is 0 Å². The Bertz CT molecular complexity index is 911. The Labute approximate surface area is 143 Å². The van der Waals surface area contributed by atoms with Crippen molar-refractivity contribution < 1.29 is 9.90 Å². The molecule has 1 N–H and O–H groups in total. The molecule has 2 heterocycles. The number of aliphatic carboxylic acids is 1. The number of carboxylic acids is 1. The minimum absolute atomic E-state index is 0.0542. The second-order valence-corrected chi connectivity index (χ2v) is 7.11. The molecule has 3 aromatic rings. The molecule has 0 radical (unpaired) electrons. The maximum absolute atomic E-state index is 11.4. The van der Waals surface area contributed by atoms with Crippen molar-refractivity contribution in [2.24, 2.45) is 0 Å². The van der Waals surface area contributed by atoms with Gasteiger partial charge in [0.1, 0.15) is 0 Å². The van der Waals surface area contributed by atoms with Gasteiger partial charge in [0.05, 0.1) is 17.8 Å². The number of hydrogen-bond donors (Lipinski definition) is 1. The number of rotatable bonds is 4. The van der Waals surface area contributed by atoms with E-state index in [0.29, 0.717) is 5.02 Å². The van der Waals surface area contributed by atoms with Crippen molar-refractivity contribution in [1.82, 2.24) is 9.38 Å². The molecule has 0 aliphatic rings. The smallest absolute Gasteiger partial charge is 0.309 e.